The number of hydrogen-bond donors (Lipinski definition) is 1. The van der Waals surface area contributed by atoms with Gasteiger partial charge in [0, 0.05) is 19.6 Å². The first-order chi connectivity index (χ1) is 4.25. The summed E-state index contributed by atoms with van der Waals surface area (Å²) in [5.74, 6) is 5.69. The molecule has 1 aliphatic heterocycles. The SMILES string of the molecule is CCC1CCN(C)N1N. The first-order valence-corrected chi connectivity index (χ1v) is 3.50. The van der Waals surface area contributed by atoms with E-state index < -0.39 is 0 Å². The summed E-state index contributed by atoms with van der Waals surface area (Å²) in [4.78, 5) is 0. The Kier molecular flexibility index (Phi) is 2.05. The predicted octanol–water partition coefficient (Wildman–Crippen LogP) is 0.191. The lowest BCUT2D eigenvalue weighted by Crippen LogP contribution is -2.43. The Bertz CT molecular complexity index is 94.3. The van der Waals surface area contributed by atoms with E-state index in [1.54, 1.807) is 0 Å². The molecule has 0 radical (unpaired) electrons. The van der Waals surface area contributed by atoms with Crippen LogP contribution in [-0.4, -0.2) is 29.8 Å². The summed E-state index contributed by atoms with van der Waals surface area (Å²) in [6.07, 6.45) is 2.37. The number of nitrogens with two attached hydrogens (primary N) is 1. The van der Waals surface area contributed by atoms with Gasteiger partial charge in [-0.1, -0.05) is 6.92 Å². The molecule has 1 aliphatic rings. The molecule has 1 heterocycles. The molecule has 54 valence electrons. The van der Waals surface area contributed by atoms with Gasteiger partial charge >= 0.3 is 0 Å². The molecule has 1 saturated heterocycles. The highest BCUT2D eigenvalue weighted by molar-refractivity contribution is 4.71. The van der Waals surface area contributed by atoms with E-state index in [-0.39, 0.29) is 0 Å². The van der Waals surface area contributed by atoms with Crippen LogP contribution in [0.4, 0.5) is 0 Å². The molecule has 1 unspecified atom stereocenters. The Hall–Kier alpha value is -0.120. The van der Waals surface area contributed by atoms with Crippen molar-refractivity contribution in [3.8, 4) is 0 Å². The van der Waals surface area contributed by atoms with Gasteiger partial charge < -0.3 is 0 Å². The lowest BCUT2D eigenvalue weighted by molar-refractivity contribution is 0.0197. The largest absolute Gasteiger partial charge is 0.255 e. The Morgan fingerprint density at radius 1 is 1.67 bits per heavy atom. The molecular weight excluding hydrogens is 114 g/mol. The Balaban J connectivity index is 2.41. The third-order valence-electron chi connectivity index (χ3n) is 2.03. The van der Waals surface area contributed by atoms with Crippen molar-refractivity contribution < 1.29 is 0 Å². The minimum atomic E-state index is 0.579. The first-order valence-electron chi connectivity index (χ1n) is 3.50. The number of nitrogens with zero attached hydrogens (tertiary/aromatic N) is 2. The molecular formula is C6H15N3. The Morgan fingerprint density at radius 2 is 2.33 bits per heavy atom. The second-order valence-electron chi connectivity index (χ2n) is 2.61. The molecule has 0 bridgehead atoms. The average molecular weight is 129 g/mol. The van der Waals surface area contributed by atoms with Crippen LogP contribution in [0, 0.1) is 0 Å². The smallest absolute Gasteiger partial charge is 0.0410 e. The van der Waals surface area contributed by atoms with Gasteiger partial charge in [0.1, 0.15) is 0 Å². The lowest BCUT2D eigenvalue weighted by atomic mass is 10.2. The van der Waals surface area contributed by atoms with E-state index in [4.69, 9.17) is 5.84 Å². The van der Waals surface area contributed by atoms with E-state index in [9.17, 15) is 0 Å². The van der Waals surface area contributed by atoms with Gasteiger partial charge in [0.05, 0.1) is 0 Å². The van der Waals surface area contributed by atoms with Crippen LogP contribution in [0.1, 0.15) is 19.8 Å². The van der Waals surface area contributed by atoms with E-state index in [0.717, 1.165) is 13.0 Å². The van der Waals surface area contributed by atoms with Crippen molar-refractivity contribution in [3.63, 3.8) is 0 Å². The molecule has 0 aromatic heterocycles. The van der Waals surface area contributed by atoms with Gasteiger partial charge in [-0.05, 0) is 12.8 Å². The zero-order valence-corrected chi connectivity index (χ0v) is 6.17. The van der Waals surface area contributed by atoms with Crippen molar-refractivity contribution in [2.75, 3.05) is 13.6 Å². The van der Waals surface area contributed by atoms with Gasteiger partial charge in [-0.25, -0.2) is 5.01 Å². The predicted molar refractivity (Wildman–Crippen MR) is 37.4 cm³/mol. The number of rotatable bonds is 1. The van der Waals surface area contributed by atoms with Crippen LogP contribution in [0.2, 0.25) is 0 Å². The van der Waals surface area contributed by atoms with Gasteiger partial charge in [-0.2, -0.15) is 5.12 Å². The molecule has 0 spiro atoms. The third-order valence-corrected chi connectivity index (χ3v) is 2.03. The van der Waals surface area contributed by atoms with Gasteiger partial charge in [0.2, 0.25) is 0 Å². The average Bonchev–Trinajstić information content (AvgIpc) is 2.15. The zero-order valence-electron chi connectivity index (χ0n) is 6.17. The molecule has 1 rings (SSSR count). The van der Waals surface area contributed by atoms with Gasteiger partial charge in [-0.15, -0.1) is 0 Å². The van der Waals surface area contributed by atoms with E-state index in [2.05, 4.69) is 11.9 Å². The van der Waals surface area contributed by atoms with E-state index >= 15 is 0 Å². The fourth-order valence-electron chi connectivity index (χ4n) is 1.25. The van der Waals surface area contributed by atoms with Crippen LogP contribution >= 0.6 is 0 Å². The number of hydrazine groups is 2. The highest BCUT2D eigenvalue weighted by atomic mass is 15.8. The normalized spacial score (nSPS) is 31.7. The van der Waals surface area contributed by atoms with Crippen LogP contribution in [-0.2, 0) is 0 Å². The fourth-order valence-corrected chi connectivity index (χ4v) is 1.25. The standard InChI is InChI=1S/C6H15N3/c1-3-6-4-5-8(2)9(6)7/h6H,3-5,7H2,1-2H3. The van der Waals surface area contributed by atoms with E-state index in [1.807, 2.05) is 12.2 Å². The Morgan fingerprint density at radius 3 is 2.56 bits per heavy atom. The molecule has 2 N–H and O–H groups in total. The minimum absolute atomic E-state index is 0.579. The zero-order chi connectivity index (χ0) is 6.85. The van der Waals surface area contributed by atoms with Gasteiger partial charge in [0.15, 0.2) is 0 Å². The minimum Gasteiger partial charge on any atom is -0.255 e. The molecule has 0 aromatic rings. The summed E-state index contributed by atoms with van der Waals surface area (Å²) >= 11 is 0. The molecule has 1 fully saturated rings. The van der Waals surface area contributed by atoms with Crippen molar-refractivity contribution in [2.24, 2.45) is 5.84 Å². The Labute approximate surface area is 56.4 Å². The van der Waals surface area contributed by atoms with Gasteiger partial charge in [-0.3, -0.25) is 5.84 Å². The monoisotopic (exact) mass is 129 g/mol. The molecule has 0 aliphatic carbocycles. The second-order valence-corrected chi connectivity index (χ2v) is 2.61. The molecule has 0 aromatic carbocycles. The maximum atomic E-state index is 5.69. The van der Waals surface area contributed by atoms with E-state index in [0.29, 0.717) is 6.04 Å². The van der Waals surface area contributed by atoms with Crippen LogP contribution in [0.3, 0.4) is 0 Å². The van der Waals surface area contributed by atoms with Crippen LogP contribution < -0.4 is 5.84 Å². The van der Waals surface area contributed by atoms with Crippen molar-refractivity contribution in [2.45, 2.75) is 25.8 Å². The molecule has 9 heavy (non-hydrogen) atoms. The third kappa shape index (κ3) is 1.23. The summed E-state index contributed by atoms with van der Waals surface area (Å²) in [6.45, 7) is 3.28. The lowest BCUT2D eigenvalue weighted by Gasteiger charge is -2.22. The summed E-state index contributed by atoms with van der Waals surface area (Å²) in [5.41, 5.74) is 0. The second kappa shape index (κ2) is 2.64. The van der Waals surface area contributed by atoms with Crippen LogP contribution in [0.25, 0.3) is 0 Å². The molecule has 3 nitrogen and oxygen atoms in total. The van der Waals surface area contributed by atoms with Gasteiger partial charge in [0.25, 0.3) is 0 Å². The fraction of sp³-hybridized carbons (Fsp3) is 1.00. The highest BCUT2D eigenvalue weighted by Gasteiger charge is 2.24. The number of hydrogen-bond acceptors (Lipinski definition) is 3. The molecule has 0 saturated carbocycles. The van der Waals surface area contributed by atoms with Crippen molar-refractivity contribution in [1.82, 2.24) is 10.1 Å². The van der Waals surface area contributed by atoms with Crippen molar-refractivity contribution in [3.05, 3.63) is 0 Å². The van der Waals surface area contributed by atoms with Crippen LogP contribution in [0.5, 0.6) is 0 Å². The van der Waals surface area contributed by atoms with Crippen molar-refractivity contribution >= 4 is 0 Å². The summed E-state index contributed by atoms with van der Waals surface area (Å²) in [7, 11) is 2.02. The van der Waals surface area contributed by atoms with Crippen LogP contribution in [0.15, 0.2) is 0 Å². The topological polar surface area (TPSA) is 32.5 Å². The first kappa shape index (κ1) is 6.99. The quantitative estimate of drug-likeness (QED) is 0.513. The highest BCUT2D eigenvalue weighted by Crippen LogP contribution is 2.14. The molecule has 1 atom stereocenters. The molecule has 3 heteroatoms. The van der Waals surface area contributed by atoms with E-state index in [1.165, 1.54) is 6.42 Å². The van der Waals surface area contributed by atoms with Crippen molar-refractivity contribution in [1.29, 1.82) is 0 Å². The maximum Gasteiger partial charge on any atom is 0.0410 e. The summed E-state index contributed by atoms with van der Waals surface area (Å²) < 4.78 is 0. The summed E-state index contributed by atoms with van der Waals surface area (Å²) in [6, 6.07) is 0.579. The summed E-state index contributed by atoms with van der Waals surface area (Å²) in [5, 5.41) is 3.90. The molecule has 0 amide bonds. The maximum absolute atomic E-state index is 5.69.